The number of carboxylic acids is 1. The molecule has 1 aromatic carbocycles. The van der Waals surface area contributed by atoms with Crippen LogP contribution in [0.15, 0.2) is 18.2 Å². The van der Waals surface area contributed by atoms with Crippen LogP contribution in [0.5, 0.6) is 0 Å². The van der Waals surface area contributed by atoms with Crippen LogP contribution in [0.25, 0.3) is 0 Å². The maximum absolute atomic E-state index is 13.3. The molecule has 0 spiro atoms. The van der Waals surface area contributed by atoms with Crippen LogP contribution in [0.2, 0.25) is 0 Å². The van der Waals surface area contributed by atoms with E-state index in [1.165, 1.54) is 6.07 Å². The maximum atomic E-state index is 13.3. The molecule has 1 rings (SSSR count). The van der Waals surface area contributed by atoms with Crippen LogP contribution in [0.4, 0.5) is 4.39 Å². The highest BCUT2D eigenvalue weighted by molar-refractivity contribution is 5.71. The van der Waals surface area contributed by atoms with Crippen molar-refractivity contribution in [2.75, 3.05) is 14.1 Å². The van der Waals surface area contributed by atoms with E-state index in [4.69, 9.17) is 0 Å². The van der Waals surface area contributed by atoms with Gasteiger partial charge in [0.05, 0.1) is 5.92 Å². The fourth-order valence-electron chi connectivity index (χ4n) is 2.28. The second-order valence-corrected chi connectivity index (χ2v) is 4.77. The smallest absolute Gasteiger partial charge is 0.308 e. The highest BCUT2D eigenvalue weighted by atomic mass is 19.1. The Hall–Kier alpha value is -1.42. The summed E-state index contributed by atoms with van der Waals surface area (Å²) in [6, 6.07) is 4.55. The zero-order chi connectivity index (χ0) is 13.9. The molecule has 0 bridgehead atoms. The molecule has 0 radical (unpaired) electrons. The van der Waals surface area contributed by atoms with E-state index >= 15 is 0 Å². The average molecular weight is 253 g/mol. The van der Waals surface area contributed by atoms with E-state index in [-0.39, 0.29) is 11.9 Å². The predicted octanol–water partition coefficient (Wildman–Crippen LogP) is 2.85. The van der Waals surface area contributed by atoms with Crippen LogP contribution in [0.1, 0.15) is 30.5 Å². The van der Waals surface area contributed by atoms with E-state index < -0.39 is 11.9 Å². The first kappa shape index (κ1) is 14.6. The molecule has 0 amide bonds. The Morgan fingerprint density at radius 3 is 2.44 bits per heavy atom. The zero-order valence-electron chi connectivity index (χ0n) is 11.3. The number of aryl methyl sites for hydroxylation is 1. The van der Waals surface area contributed by atoms with E-state index in [1.54, 1.807) is 19.1 Å². The van der Waals surface area contributed by atoms with E-state index in [0.717, 1.165) is 5.56 Å². The summed E-state index contributed by atoms with van der Waals surface area (Å²) in [4.78, 5) is 13.2. The van der Waals surface area contributed by atoms with Gasteiger partial charge in [-0.05, 0) is 44.6 Å². The minimum absolute atomic E-state index is 0.244. The molecule has 1 aromatic rings. The number of benzene rings is 1. The summed E-state index contributed by atoms with van der Waals surface area (Å²) in [6.45, 7) is 3.54. The zero-order valence-corrected chi connectivity index (χ0v) is 11.3. The first-order valence-corrected chi connectivity index (χ1v) is 6.03. The Morgan fingerprint density at radius 1 is 1.44 bits per heavy atom. The van der Waals surface area contributed by atoms with Gasteiger partial charge in [0.1, 0.15) is 5.82 Å². The third kappa shape index (κ3) is 3.07. The summed E-state index contributed by atoms with van der Waals surface area (Å²) in [7, 11) is 3.68. The van der Waals surface area contributed by atoms with Gasteiger partial charge < -0.3 is 10.0 Å². The molecule has 2 unspecified atom stereocenters. The normalized spacial score (nSPS) is 14.6. The lowest BCUT2D eigenvalue weighted by Crippen LogP contribution is -2.32. The van der Waals surface area contributed by atoms with Crippen LogP contribution in [0.3, 0.4) is 0 Å². The Balaban J connectivity index is 3.19. The van der Waals surface area contributed by atoms with Crippen molar-refractivity contribution in [1.82, 2.24) is 4.90 Å². The fraction of sp³-hybridized carbons (Fsp3) is 0.500. The van der Waals surface area contributed by atoms with Crippen LogP contribution in [-0.4, -0.2) is 30.1 Å². The topological polar surface area (TPSA) is 40.5 Å². The molecule has 18 heavy (non-hydrogen) atoms. The summed E-state index contributed by atoms with van der Waals surface area (Å²) in [5.41, 5.74) is 1.38. The van der Waals surface area contributed by atoms with Gasteiger partial charge in [0.25, 0.3) is 0 Å². The van der Waals surface area contributed by atoms with Crippen LogP contribution in [0, 0.1) is 18.7 Å². The molecule has 0 saturated carbocycles. The number of carbonyl (C=O) groups is 1. The van der Waals surface area contributed by atoms with Crippen molar-refractivity contribution in [2.45, 2.75) is 26.3 Å². The van der Waals surface area contributed by atoms with E-state index in [0.29, 0.717) is 12.0 Å². The number of hydrogen-bond acceptors (Lipinski definition) is 2. The molecule has 0 aliphatic carbocycles. The van der Waals surface area contributed by atoms with Crippen molar-refractivity contribution in [2.24, 2.45) is 5.92 Å². The van der Waals surface area contributed by atoms with Gasteiger partial charge in [0.15, 0.2) is 0 Å². The lowest BCUT2D eigenvalue weighted by Gasteiger charge is -2.30. The van der Waals surface area contributed by atoms with Crippen molar-refractivity contribution < 1.29 is 14.3 Å². The molecule has 1 N–H and O–H groups in total. The summed E-state index contributed by atoms with van der Waals surface area (Å²) >= 11 is 0. The first-order chi connectivity index (χ1) is 8.38. The molecule has 0 aliphatic heterocycles. The third-order valence-corrected chi connectivity index (χ3v) is 3.22. The Morgan fingerprint density at radius 2 is 2.06 bits per heavy atom. The van der Waals surface area contributed by atoms with Gasteiger partial charge >= 0.3 is 5.97 Å². The van der Waals surface area contributed by atoms with Crippen molar-refractivity contribution in [3.63, 3.8) is 0 Å². The minimum Gasteiger partial charge on any atom is -0.481 e. The molecule has 0 aromatic heterocycles. The quantitative estimate of drug-likeness (QED) is 0.877. The maximum Gasteiger partial charge on any atom is 0.308 e. The van der Waals surface area contributed by atoms with E-state index in [2.05, 4.69) is 0 Å². The van der Waals surface area contributed by atoms with Gasteiger partial charge in [-0.25, -0.2) is 4.39 Å². The Bertz CT molecular complexity index is 432. The molecule has 4 heteroatoms. The van der Waals surface area contributed by atoms with Crippen LogP contribution >= 0.6 is 0 Å². The predicted molar refractivity (Wildman–Crippen MR) is 69.0 cm³/mol. The molecule has 3 nitrogen and oxygen atoms in total. The molecule has 0 fully saturated rings. The summed E-state index contributed by atoms with van der Waals surface area (Å²) in [5.74, 6) is -1.58. The summed E-state index contributed by atoms with van der Waals surface area (Å²) in [5, 5.41) is 9.28. The highest BCUT2D eigenvalue weighted by Crippen LogP contribution is 2.30. The minimum atomic E-state index is -0.821. The summed E-state index contributed by atoms with van der Waals surface area (Å²) < 4.78 is 13.3. The number of nitrogens with zero attached hydrogens (tertiary/aromatic N) is 1. The molecular weight excluding hydrogens is 233 g/mol. The molecule has 0 heterocycles. The van der Waals surface area contributed by atoms with Gasteiger partial charge in [-0.2, -0.15) is 0 Å². The Labute approximate surface area is 107 Å². The standard InChI is InChI=1S/C14H20FNO2/c1-5-11(14(17)18)13(16(3)4)10-6-7-12(15)9(2)8-10/h6-8,11,13H,5H2,1-4H3,(H,17,18). The van der Waals surface area contributed by atoms with Crippen LogP contribution in [-0.2, 0) is 4.79 Å². The third-order valence-electron chi connectivity index (χ3n) is 3.22. The molecule has 0 saturated heterocycles. The van der Waals surface area contributed by atoms with Crippen LogP contribution < -0.4 is 0 Å². The average Bonchev–Trinajstić information content (AvgIpc) is 2.28. The van der Waals surface area contributed by atoms with Gasteiger partial charge in [-0.15, -0.1) is 0 Å². The largest absolute Gasteiger partial charge is 0.481 e. The molecule has 2 atom stereocenters. The lowest BCUT2D eigenvalue weighted by molar-refractivity contribution is -0.144. The number of halogens is 1. The van der Waals surface area contributed by atoms with Crippen molar-refractivity contribution in [3.8, 4) is 0 Å². The monoisotopic (exact) mass is 253 g/mol. The second-order valence-electron chi connectivity index (χ2n) is 4.77. The molecular formula is C14H20FNO2. The van der Waals surface area contributed by atoms with Crippen molar-refractivity contribution >= 4 is 5.97 Å². The van der Waals surface area contributed by atoms with Gasteiger partial charge in [-0.1, -0.05) is 19.1 Å². The van der Waals surface area contributed by atoms with Gasteiger partial charge in [0.2, 0.25) is 0 Å². The van der Waals surface area contributed by atoms with Gasteiger partial charge in [0, 0.05) is 6.04 Å². The SMILES string of the molecule is CCC(C(=O)O)C(c1ccc(F)c(C)c1)N(C)C. The van der Waals surface area contributed by atoms with Crippen molar-refractivity contribution in [1.29, 1.82) is 0 Å². The van der Waals surface area contributed by atoms with E-state index in [1.807, 2.05) is 25.9 Å². The number of rotatable bonds is 5. The molecule has 100 valence electrons. The second kappa shape index (κ2) is 5.96. The molecule has 0 aliphatic rings. The first-order valence-electron chi connectivity index (χ1n) is 6.03. The number of aliphatic carboxylic acids is 1. The summed E-state index contributed by atoms with van der Waals surface area (Å²) in [6.07, 6.45) is 0.536. The van der Waals surface area contributed by atoms with Crippen molar-refractivity contribution in [3.05, 3.63) is 35.1 Å². The fourth-order valence-corrected chi connectivity index (χ4v) is 2.28. The Kier molecular flexibility index (Phi) is 4.84. The highest BCUT2D eigenvalue weighted by Gasteiger charge is 2.29. The van der Waals surface area contributed by atoms with E-state index in [9.17, 15) is 14.3 Å². The number of hydrogen-bond donors (Lipinski definition) is 1. The lowest BCUT2D eigenvalue weighted by atomic mass is 9.89. The van der Waals surface area contributed by atoms with Gasteiger partial charge in [-0.3, -0.25) is 4.79 Å². The number of carboxylic acid groups (broad SMARTS) is 1.